The van der Waals surface area contributed by atoms with Crippen LogP contribution in [0.1, 0.15) is 51.2 Å². The Kier molecular flexibility index (Phi) is 3.28. The van der Waals surface area contributed by atoms with Crippen LogP contribution >= 0.6 is 0 Å². The summed E-state index contributed by atoms with van der Waals surface area (Å²) in [5.41, 5.74) is 5.65. The van der Waals surface area contributed by atoms with Crippen LogP contribution in [0.5, 0.6) is 0 Å². The molecule has 0 amide bonds. The third-order valence-electron chi connectivity index (χ3n) is 2.87. The Morgan fingerprint density at radius 3 is 2.59 bits per heavy atom. The molecular formula is C12H20N4O. The van der Waals surface area contributed by atoms with Crippen molar-refractivity contribution in [2.24, 2.45) is 0 Å². The molecule has 0 spiro atoms. The first-order valence-electron chi connectivity index (χ1n) is 6.06. The molecular weight excluding hydrogens is 216 g/mol. The van der Waals surface area contributed by atoms with Crippen LogP contribution in [-0.4, -0.2) is 28.2 Å². The van der Waals surface area contributed by atoms with Crippen molar-refractivity contribution >= 4 is 5.95 Å². The fourth-order valence-electron chi connectivity index (χ4n) is 1.87. The summed E-state index contributed by atoms with van der Waals surface area (Å²) in [5, 5.41) is 0. The van der Waals surface area contributed by atoms with Crippen LogP contribution in [0.15, 0.2) is 0 Å². The first-order valence-corrected chi connectivity index (χ1v) is 6.06. The highest BCUT2D eigenvalue weighted by Crippen LogP contribution is 2.25. The molecule has 1 aliphatic heterocycles. The van der Waals surface area contributed by atoms with Gasteiger partial charge in [0.25, 0.3) is 0 Å². The van der Waals surface area contributed by atoms with Gasteiger partial charge in [0.2, 0.25) is 5.95 Å². The normalized spacial score (nSPS) is 21.5. The highest BCUT2D eigenvalue weighted by molar-refractivity contribution is 5.20. The lowest BCUT2D eigenvalue weighted by molar-refractivity contribution is 0.0779. The topological polar surface area (TPSA) is 73.9 Å². The van der Waals surface area contributed by atoms with Crippen molar-refractivity contribution in [3.63, 3.8) is 0 Å². The fraction of sp³-hybridized carbons (Fsp3) is 0.750. The van der Waals surface area contributed by atoms with Crippen molar-refractivity contribution in [2.75, 3.05) is 18.9 Å². The smallest absolute Gasteiger partial charge is 0.223 e. The molecule has 0 saturated carbocycles. The zero-order valence-electron chi connectivity index (χ0n) is 10.7. The van der Waals surface area contributed by atoms with Crippen molar-refractivity contribution in [3.8, 4) is 0 Å². The molecule has 1 unspecified atom stereocenters. The summed E-state index contributed by atoms with van der Waals surface area (Å²) in [5.74, 6) is 2.10. The number of nitrogens with zero attached hydrogens (tertiary/aromatic N) is 3. The summed E-state index contributed by atoms with van der Waals surface area (Å²) in [6.45, 7) is 7.74. The summed E-state index contributed by atoms with van der Waals surface area (Å²) in [7, 11) is 0. The van der Waals surface area contributed by atoms with Crippen LogP contribution in [-0.2, 0) is 10.2 Å². The van der Waals surface area contributed by atoms with E-state index in [-0.39, 0.29) is 11.3 Å². The summed E-state index contributed by atoms with van der Waals surface area (Å²) >= 11 is 0. The largest absolute Gasteiger partial charge is 0.381 e. The highest BCUT2D eigenvalue weighted by atomic mass is 16.5. The highest BCUT2D eigenvalue weighted by Gasteiger charge is 2.24. The third kappa shape index (κ3) is 2.91. The minimum absolute atomic E-state index is 0.110. The van der Waals surface area contributed by atoms with E-state index in [1.54, 1.807) is 0 Å². The van der Waals surface area contributed by atoms with Crippen molar-refractivity contribution in [3.05, 3.63) is 11.6 Å². The maximum atomic E-state index is 5.76. The van der Waals surface area contributed by atoms with Gasteiger partial charge in [-0.1, -0.05) is 20.8 Å². The van der Waals surface area contributed by atoms with Crippen LogP contribution in [0.3, 0.4) is 0 Å². The van der Waals surface area contributed by atoms with Gasteiger partial charge in [-0.2, -0.15) is 9.97 Å². The second-order valence-electron chi connectivity index (χ2n) is 5.54. The van der Waals surface area contributed by atoms with Gasteiger partial charge in [-0.15, -0.1) is 0 Å². The van der Waals surface area contributed by atoms with E-state index >= 15 is 0 Å². The molecule has 2 heterocycles. The first kappa shape index (κ1) is 12.2. The van der Waals surface area contributed by atoms with Gasteiger partial charge in [-0.25, -0.2) is 4.98 Å². The second kappa shape index (κ2) is 4.56. The van der Waals surface area contributed by atoms with E-state index in [0.29, 0.717) is 12.6 Å². The average Bonchev–Trinajstić information content (AvgIpc) is 2.28. The van der Waals surface area contributed by atoms with Crippen LogP contribution in [0.25, 0.3) is 0 Å². The molecule has 0 radical (unpaired) electrons. The molecule has 0 bridgehead atoms. The number of nitrogen functional groups attached to an aromatic ring is 1. The van der Waals surface area contributed by atoms with Gasteiger partial charge in [0.15, 0.2) is 0 Å². The number of nitrogens with two attached hydrogens (primary N) is 1. The Hall–Kier alpha value is -1.23. The summed E-state index contributed by atoms with van der Waals surface area (Å²) in [6, 6.07) is 0. The molecule has 5 nitrogen and oxygen atoms in total. The maximum absolute atomic E-state index is 5.76. The number of anilines is 1. The minimum Gasteiger partial charge on any atom is -0.381 e. The molecule has 1 atom stereocenters. The predicted octanol–water partition coefficient (Wildman–Crippen LogP) is 1.65. The molecule has 17 heavy (non-hydrogen) atoms. The molecule has 1 fully saturated rings. The van der Waals surface area contributed by atoms with E-state index in [0.717, 1.165) is 31.1 Å². The van der Waals surface area contributed by atoms with Gasteiger partial charge in [-0.3, -0.25) is 0 Å². The van der Waals surface area contributed by atoms with E-state index in [1.807, 2.05) is 0 Å². The Morgan fingerprint density at radius 1 is 1.24 bits per heavy atom. The summed E-state index contributed by atoms with van der Waals surface area (Å²) < 4.78 is 5.46. The second-order valence-corrected chi connectivity index (χ2v) is 5.54. The number of hydrogen-bond donors (Lipinski definition) is 1. The molecule has 1 aliphatic rings. The van der Waals surface area contributed by atoms with Crippen LogP contribution < -0.4 is 5.73 Å². The van der Waals surface area contributed by atoms with Crippen LogP contribution in [0, 0.1) is 0 Å². The molecule has 0 aliphatic carbocycles. The van der Waals surface area contributed by atoms with Crippen LogP contribution in [0.2, 0.25) is 0 Å². The van der Waals surface area contributed by atoms with E-state index in [1.165, 1.54) is 0 Å². The Morgan fingerprint density at radius 2 is 2.00 bits per heavy atom. The van der Waals surface area contributed by atoms with Gasteiger partial charge in [0.1, 0.15) is 11.6 Å². The summed E-state index contributed by atoms with van der Waals surface area (Å²) in [6.07, 6.45) is 2.12. The van der Waals surface area contributed by atoms with Gasteiger partial charge in [-0.05, 0) is 12.8 Å². The molecule has 5 heteroatoms. The predicted molar refractivity (Wildman–Crippen MR) is 65.7 cm³/mol. The number of ether oxygens (including phenoxy) is 1. The Labute approximate surface area is 102 Å². The van der Waals surface area contributed by atoms with Crippen LogP contribution in [0.4, 0.5) is 5.95 Å². The summed E-state index contributed by atoms with van der Waals surface area (Å²) in [4.78, 5) is 13.0. The molecule has 1 aromatic rings. The van der Waals surface area contributed by atoms with Crippen molar-refractivity contribution in [2.45, 2.75) is 44.9 Å². The standard InChI is InChI=1S/C12H20N4O/c1-12(2,3)10-14-9(15-11(13)16-10)8-5-4-6-17-7-8/h8H,4-7H2,1-3H3,(H2,13,14,15,16). The number of rotatable bonds is 1. The van der Waals surface area contributed by atoms with Gasteiger partial charge < -0.3 is 10.5 Å². The quantitative estimate of drug-likeness (QED) is 0.802. The Balaban J connectivity index is 2.31. The van der Waals surface area contributed by atoms with Gasteiger partial charge in [0.05, 0.1) is 6.61 Å². The minimum atomic E-state index is -0.110. The number of aromatic nitrogens is 3. The zero-order chi connectivity index (χ0) is 12.5. The molecule has 0 aromatic carbocycles. The van der Waals surface area contributed by atoms with E-state index in [4.69, 9.17) is 10.5 Å². The van der Waals surface area contributed by atoms with Crippen molar-refractivity contribution < 1.29 is 4.74 Å². The Bertz CT molecular complexity index is 394. The van der Waals surface area contributed by atoms with E-state index in [9.17, 15) is 0 Å². The maximum Gasteiger partial charge on any atom is 0.223 e. The van der Waals surface area contributed by atoms with Crippen molar-refractivity contribution in [1.82, 2.24) is 15.0 Å². The monoisotopic (exact) mass is 236 g/mol. The van der Waals surface area contributed by atoms with Gasteiger partial charge in [0, 0.05) is 17.9 Å². The van der Waals surface area contributed by atoms with Gasteiger partial charge >= 0.3 is 0 Å². The zero-order valence-corrected chi connectivity index (χ0v) is 10.7. The molecule has 1 saturated heterocycles. The lowest BCUT2D eigenvalue weighted by atomic mass is 9.95. The van der Waals surface area contributed by atoms with E-state index < -0.39 is 0 Å². The fourth-order valence-corrected chi connectivity index (χ4v) is 1.87. The average molecular weight is 236 g/mol. The third-order valence-corrected chi connectivity index (χ3v) is 2.87. The first-order chi connectivity index (χ1) is 7.97. The lowest BCUT2D eigenvalue weighted by Gasteiger charge is -2.23. The SMILES string of the molecule is CC(C)(C)c1nc(N)nc(C2CCCOC2)n1. The molecule has 2 N–H and O–H groups in total. The molecule has 1 aromatic heterocycles. The van der Waals surface area contributed by atoms with E-state index in [2.05, 4.69) is 35.7 Å². The molecule has 2 rings (SSSR count). The molecule has 94 valence electrons. The lowest BCUT2D eigenvalue weighted by Crippen LogP contribution is -2.23. The van der Waals surface area contributed by atoms with Crippen molar-refractivity contribution in [1.29, 1.82) is 0 Å². The number of hydrogen-bond acceptors (Lipinski definition) is 5.